The lowest BCUT2D eigenvalue weighted by Crippen LogP contribution is -2.10. The molecule has 0 saturated carbocycles. The summed E-state index contributed by atoms with van der Waals surface area (Å²) in [7, 11) is 1.34. The van der Waals surface area contributed by atoms with Crippen molar-refractivity contribution >= 4 is 5.97 Å². The Balaban J connectivity index is 3.93. The molecule has 2 heteroatoms. The number of hydrogen-bond acceptors (Lipinski definition) is 2. The minimum Gasteiger partial charge on any atom is -0.468 e. The minimum absolute atomic E-state index is 0.319. The maximum Gasteiger partial charge on any atom is 0.316 e. The molecule has 0 rings (SSSR count). The van der Waals surface area contributed by atoms with Gasteiger partial charge in [0.1, 0.15) is 0 Å². The van der Waals surface area contributed by atoms with Crippen LogP contribution in [0.3, 0.4) is 0 Å². The van der Waals surface area contributed by atoms with E-state index in [4.69, 9.17) is 0 Å². The predicted octanol–water partition coefficient (Wildman–Crippen LogP) is 1.15. The maximum absolute atomic E-state index is 10.6. The van der Waals surface area contributed by atoms with E-state index in [0.29, 0.717) is 0 Å². The monoisotopic (exact) mass is 126 g/mol. The first-order valence-corrected chi connectivity index (χ1v) is 2.59. The highest BCUT2D eigenvalue weighted by Crippen LogP contribution is 1.99. The fourth-order valence-corrected chi connectivity index (χ4v) is 0.425. The van der Waals surface area contributed by atoms with Gasteiger partial charge >= 0.3 is 5.97 Å². The Kier molecular flexibility index (Phi) is 3.44. The number of methoxy groups -OCH3 is 1. The summed E-state index contributed by atoms with van der Waals surface area (Å²) in [6.07, 6.45) is 2.97. The average Bonchev–Trinajstić information content (AvgIpc) is 1.90. The second kappa shape index (κ2) is 3.89. The average molecular weight is 126 g/mol. The Morgan fingerprint density at radius 2 is 2.00 bits per heavy atom. The van der Waals surface area contributed by atoms with Crippen molar-refractivity contribution in [2.75, 3.05) is 7.11 Å². The molecule has 0 fully saturated rings. The predicted molar refractivity (Wildman–Crippen MR) is 35.9 cm³/mol. The topological polar surface area (TPSA) is 26.3 Å². The van der Waals surface area contributed by atoms with Gasteiger partial charge in [-0.2, -0.15) is 0 Å². The zero-order chi connectivity index (χ0) is 7.28. The van der Waals surface area contributed by atoms with E-state index in [2.05, 4.69) is 17.9 Å². The molecule has 0 aromatic carbocycles. The number of esters is 1. The van der Waals surface area contributed by atoms with E-state index in [1.54, 1.807) is 0 Å². The van der Waals surface area contributed by atoms with Crippen LogP contribution >= 0.6 is 0 Å². The molecule has 0 spiro atoms. The highest BCUT2D eigenvalue weighted by molar-refractivity contribution is 5.76. The lowest BCUT2D eigenvalue weighted by molar-refractivity contribution is -0.142. The first-order chi connectivity index (χ1) is 4.26. The third kappa shape index (κ3) is 2.13. The SMILES string of the molecule is C=CC(C=C)C(=O)OC. The van der Waals surface area contributed by atoms with Gasteiger partial charge in [-0.3, -0.25) is 4.79 Å². The van der Waals surface area contributed by atoms with E-state index in [1.165, 1.54) is 19.3 Å². The van der Waals surface area contributed by atoms with Gasteiger partial charge in [-0.25, -0.2) is 0 Å². The van der Waals surface area contributed by atoms with Crippen LogP contribution in [0.4, 0.5) is 0 Å². The molecule has 0 aromatic rings. The van der Waals surface area contributed by atoms with Crippen LogP contribution in [0.5, 0.6) is 0 Å². The second-order valence-electron chi connectivity index (χ2n) is 1.52. The van der Waals surface area contributed by atoms with Crippen molar-refractivity contribution in [1.82, 2.24) is 0 Å². The van der Waals surface area contributed by atoms with Crippen molar-refractivity contribution < 1.29 is 9.53 Å². The van der Waals surface area contributed by atoms with Gasteiger partial charge in [0, 0.05) is 0 Å². The Bertz CT molecular complexity index is 119. The van der Waals surface area contributed by atoms with Crippen molar-refractivity contribution in [1.29, 1.82) is 0 Å². The summed E-state index contributed by atoms with van der Waals surface area (Å²) < 4.78 is 4.41. The summed E-state index contributed by atoms with van der Waals surface area (Å²) >= 11 is 0. The van der Waals surface area contributed by atoms with Crippen molar-refractivity contribution in [3.63, 3.8) is 0 Å². The fourth-order valence-electron chi connectivity index (χ4n) is 0.425. The van der Waals surface area contributed by atoms with Crippen molar-refractivity contribution in [3.8, 4) is 0 Å². The number of rotatable bonds is 3. The molecule has 0 amide bonds. The number of carbonyl (C=O) groups is 1. The molecule has 0 heterocycles. The zero-order valence-corrected chi connectivity index (χ0v) is 5.46. The molecule has 0 atom stereocenters. The van der Waals surface area contributed by atoms with E-state index >= 15 is 0 Å². The molecule has 0 aliphatic rings. The number of carbonyl (C=O) groups excluding carboxylic acids is 1. The van der Waals surface area contributed by atoms with Gasteiger partial charge < -0.3 is 4.74 Å². The van der Waals surface area contributed by atoms with E-state index in [9.17, 15) is 4.79 Å². The molecule has 0 unspecified atom stereocenters. The van der Waals surface area contributed by atoms with Gasteiger partial charge in [0.05, 0.1) is 13.0 Å². The van der Waals surface area contributed by atoms with Gasteiger partial charge in [-0.05, 0) is 0 Å². The van der Waals surface area contributed by atoms with Crippen molar-refractivity contribution in [3.05, 3.63) is 25.3 Å². The van der Waals surface area contributed by atoms with E-state index in [1.807, 2.05) is 0 Å². The van der Waals surface area contributed by atoms with Crippen molar-refractivity contribution in [2.24, 2.45) is 5.92 Å². The lowest BCUT2D eigenvalue weighted by Gasteiger charge is -2.01. The molecule has 0 radical (unpaired) electrons. The Labute approximate surface area is 54.8 Å². The zero-order valence-electron chi connectivity index (χ0n) is 5.46. The molecular formula is C7H10O2. The van der Waals surface area contributed by atoms with Gasteiger partial charge in [-0.15, -0.1) is 13.2 Å². The smallest absolute Gasteiger partial charge is 0.316 e. The highest BCUT2D eigenvalue weighted by atomic mass is 16.5. The Hall–Kier alpha value is -1.05. The normalized spacial score (nSPS) is 8.67. The summed E-state index contributed by atoms with van der Waals surface area (Å²) in [6, 6.07) is 0. The molecule has 0 aliphatic carbocycles. The quantitative estimate of drug-likeness (QED) is 0.419. The van der Waals surface area contributed by atoms with Crippen molar-refractivity contribution in [2.45, 2.75) is 0 Å². The maximum atomic E-state index is 10.6. The third-order valence-electron chi connectivity index (χ3n) is 0.981. The molecule has 0 saturated heterocycles. The summed E-state index contributed by atoms with van der Waals surface area (Å²) in [5, 5.41) is 0. The van der Waals surface area contributed by atoms with Crippen LogP contribution in [0.1, 0.15) is 0 Å². The van der Waals surface area contributed by atoms with Crippen LogP contribution in [0.15, 0.2) is 25.3 Å². The molecule has 2 nitrogen and oxygen atoms in total. The number of hydrogen-bond donors (Lipinski definition) is 0. The first-order valence-electron chi connectivity index (χ1n) is 2.59. The highest BCUT2D eigenvalue weighted by Gasteiger charge is 2.08. The summed E-state index contributed by atoms with van der Waals surface area (Å²) in [4.78, 5) is 10.6. The van der Waals surface area contributed by atoms with E-state index < -0.39 is 0 Å². The summed E-state index contributed by atoms with van der Waals surface area (Å²) in [5.41, 5.74) is 0. The molecule has 50 valence electrons. The van der Waals surface area contributed by atoms with Crippen LogP contribution in [0.25, 0.3) is 0 Å². The van der Waals surface area contributed by atoms with E-state index in [0.717, 1.165) is 0 Å². The summed E-state index contributed by atoms with van der Waals surface area (Å²) in [5.74, 6) is -0.685. The summed E-state index contributed by atoms with van der Waals surface area (Å²) in [6.45, 7) is 6.86. The largest absolute Gasteiger partial charge is 0.468 e. The molecule has 0 aromatic heterocycles. The van der Waals surface area contributed by atoms with Gasteiger partial charge in [0.2, 0.25) is 0 Å². The minimum atomic E-state index is -0.366. The van der Waals surface area contributed by atoms with Crippen LogP contribution in [0, 0.1) is 5.92 Å². The molecule has 0 bridgehead atoms. The Morgan fingerprint density at radius 3 is 2.11 bits per heavy atom. The van der Waals surface area contributed by atoms with Crippen LogP contribution in [-0.2, 0) is 9.53 Å². The van der Waals surface area contributed by atoms with Crippen LogP contribution in [0.2, 0.25) is 0 Å². The van der Waals surface area contributed by atoms with Gasteiger partial charge in [0.25, 0.3) is 0 Å². The fraction of sp³-hybridized carbons (Fsp3) is 0.286. The number of ether oxygens (including phenoxy) is 1. The first kappa shape index (κ1) is 7.95. The second-order valence-corrected chi connectivity index (χ2v) is 1.52. The molecule has 0 N–H and O–H groups in total. The molecular weight excluding hydrogens is 116 g/mol. The van der Waals surface area contributed by atoms with Crippen LogP contribution < -0.4 is 0 Å². The van der Waals surface area contributed by atoms with E-state index in [-0.39, 0.29) is 11.9 Å². The Morgan fingerprint density at radius 1 is 1.56 bits per heavy atom. The molecule has 0 aliphatic heterocycles. The van der Waals surface area contributed by atoms with Crippen LogP contribution in [-0.4, -0.2) is 13.1 Å². The lowest BCUT2D eigenvalue weighted by atomic mass is 10.1. The third-order valence-corrected chi connectivity index (χ3v) is 0.981. The van der Waals surface area contributed by atoms with Gasteiger partial charge in [-0.1, -0.05) is 12.2 Å². The molecule has 9 heavy (non-hydrogen) atoms. The standard InChI is InChI=1S/C7H10O2/c1-4-6(5-2)7(8)9-3/h4-6H,1-2H2,3H3. The van der Waals surface area contributed by atoms with Gasteiger partial charge in [0.15, 0.2) is 0 Å².